The van der Waals surface area contributed by atoms with Crippen LogP contribution in [0, 0.1) is 6.92 Å². The number of aromatic nitrogens is 2. The van der Waals surface area contributed by atoms with Crippen molar-refractivity contribution in [2.45, 2.75) is 6.92 Å². The number of anilines is 1. The van der Waals surface area contributed by atoms with Gasteiger partial charge in [0.15, 0.2) is 0 Å². The Morgan fingerprint density at radius 3 is 2.54 bits per heavy atom. The topological polar surface area (TPSA) is 68.0 Å². The number of carbonyl (C=O) groups excluding carboxylic acids is 1. The highest BCUT2D eigenvalue weighted by Crippen LogP contribution is 2.32. The number of aryl methyl sites for hydroxylation is 1. The number of nitrogens with zero attached hydrogens (tertiary/aromatic N) is 2. The molecule has 0 atom stereocenters. The molecule has 1 amide bonds. The van der Waals surface area contributed by atoms with Gasteiger partial charge in [0.05, 0.1) is 6.20 Å². The summed E-state index contributed by atoms with van der Waals surface area (Å²) in [6, 6.07) is 14.8. The minimum Gasteiger partial charge on any atom is -0.445 e. The van der Waals surface area contributed by atoms with Crippen LogP contribution in [0.15, 0.2) is 77.8 Å². The van der Waals surface area contributed by atoms with E-state index < -0.39 is 0 Å². The molecule has 0 aliphatic rings. The zero-order chi connectivity index (χ0) is 19.5. The Balaban J connectivity index is 1.58. The number of amides is 1. The molecule has 138 valence electrons. The first-order chi connectivity index (χ1) is 13.6. The average molecular weight is 390 g/mol. The summed E-state index contributed by atoms with van der Waals surface area (Å²) in [5.41, 5.74) is 4.75. The molecule has 0 saturated carbocycles. The minimum absolute atomic E-state index is 0.170. The molecule has 0 saturated heterocycles. The molecule has 6 heteroatoms. The van der Waals surface area contributed by atoms with Gasteiger partial charge < -0.3 is 9.73 Å². The number of oxazole rings is 1. The number of rotatable bonds is 4. The fraction of sp³-hybridized carbons (Fsp3) is 0.0455. The molecular formula is C22H16ClN3O2. The van der Waals surface area contributed by atoms with Crippen molar-refractivity contribution in [1.82, 2.24) is 9.97 Å². The lowest BCUT2D eigenvalue weighted by Crippen LogP contribution is -2.13. The number of benzene rings is 2. The molecule has 4 aromatic rings. The lowest BCUT2D eigenvalue weighted by atomic mass is 10.0. The summed E-state index contributed by atoms with van der Waals surface area (Å²) in [6.07, 6.45) is 6.41. The van der Waals surface area contributed by atoms with Crippen LogP contribution >= 0.6 is 11.6 Å². The monoisotopic (exact) mass is 389 g/mol. The van der Waals surface area contributed by atoms with E-state index in [2.05, 4.69) is 15.3 Å². The van der Waals surface area contributed by atoms with Gasteiger partial charge in [0.1, 0.15) is 6.26 Å². The molecule has 0 aliphatic heterocycles. The summed E-state index contributed by atoms with van der Waals surface area (Å²) in [5, 5.41) is 3.53. The van der Waals surface area contributed by atoms with Gasteiger partial charge in [-0.1, -0.05) is 23.7 Å². The first-order valence-corrected chi connectivity index (χ1v) is 9.01. The van der Waals surface area contributed by atoms with Crippen LogP contribution in [-0.2, 0) is 0 Å². The third-order valence-corrected chi connectivity index (χ3v) is 4.69. The Bertz CT molecular complexity index is 1120. The molecule has 1 N–H and O–H groups in total. The van der Waals surface area contributed by atoms with Gasteiger partial charge in [-0.2, -0.15) is 0 Å². The molecule has 4 rings (SSSR count). The van der Waals surface area contributed by atoms with Crippen LogP contribution in [0.3, 0.4) is 0 Å². The predicted octanol–water partition coefficient (Wildman–Crippen LogP) is 5.62. The second-order valence-electron chi connectivity index (χ2n) is 6.25. The van der Waals surface area contributed by atoms with Crippen LogP contribution in [0.1, 0.15) is 15.9 Å². The van der Waals surface area contributed by atoms with E-state index in [0.29, 0.717) is 22.2 Å². The van der Waals surface area contributed by atoms with Crippen LogP contribution in [0.2, 0.25) is 5.02 Å². The molecule has 0 bridgehead atoms. The van der Waals surface area contributed by atoms with Crippen molar-refractivity contribution >= 4 is 23.2 Å². The van der Waals surface area contributed by atoms with Crippen molar-refractivity contribution in [1.29, 1.82) is 0 Å². The quantitative estimate of drug-likeness (QED) is 0.492. The molecule has 2 heterocycles. The summed E-state index contributed by atoms with van der Waals surface area (Å²) in [4.78, 5) is 20.6. The molecule has 0 fully saturated rings. The fourth-order valence-corrected chi connectivity index (χ4v) is 3.13. The first-order valence-electron chi connectivity index (χ1n) is 8.63. The lowest BCUT2D eigenvalue weighted by Gasteiger charge is -2.10. The van der Waals surface area contributed by atoms with Gasteiger partial charge in [0.2, 0.25) is 5.89 Å². The van der Waals surface area contributed by atoms with Crippen molar-refractivity contribution in [2.24, 2.45) is 0 Å². The summed E-state index contributed by atoms with van der Waals surface area (Å²) < 4.78 is 5.36. The van der Waals surface area contributed by atoms with E-state index in [-0.39, 0.29) is 5.91 Å². The fourth-order valence-electron chi connectivity index (χ4n) is 2.91. The Labute approximate surface area is 167 Å². The van der Waals surface area contributed by atoms with E-state index in [0.717, 1.165) is 22.3 Å². The second kappa shape index (κ2) is 7.66. The second-order valence-corrected chi connectivity index (χ2v) is 6.66. The minimum atomic E-state index is -0.170. The largest absolute Gasteiger partial charge is 0.445 e. The summed E-state index contributed by atoms with van der Waals surface area (Å²) >= 11 is 6.39. The maximum Gasteiger partial charge on any atom is 0.256 e. The molecule has 0 radical (unpaired) electrons. The summed E-state index contributed by atoms with van der Waals surface area (Å²) in [6.45, 7) is 1.86. The van der Waals surface area contributed by atoms with Crippen LogP contribution in [0.25, 0.3) is 22.6 Å². The highest BCUT2D eigenvalue weighted by Gasteiger charge is 2.11. The molecule has 0 unspecified atom stereocenters. The molecule has 5 nitrogen and oxygen atoms in total. The molecule has 28 heavy (non-hydrogen) atoms. The maximum absolute atomic E-state index is 12.4. The Hall–Kier alpha value is -3.44. The number of nitrogens with one attached hydrogen (secondary N) is 1. The number of carbonyl (C=O) groups is 1. The Morgan fingerprint density at radius 1 is 1.04 bits per heavy atom. The normalized spacial score (nSPS) is 10.6. The zero-order valence-electron chi connectivity index (χ0n) is 15.0. The van der Waals surface area contributed by atoms with Gasteiger partial charge in [-0.15, -0.1) is 0 Å². The Kier molecular flexibility index (Phi) is 4.91. The predicted molar refractivity (Wildman–Crippen MR) is 109 cm³/mol. The molecular weight excluding hydrogens is 374 g/mol. The molecule has 2 aromatic heterocycles. The van der Waals surface area contributed by atoms with E-state index in [1.807, 2.05) is 49.4 Å². The van der Waals surface area contributed by atoms with E-state index in [1.54, 1.807) is 24.7 Å². The van der Waals surface area contributed by atoms with Crippen molar-refractivity contribution in [3.8, 4) is 22.6 Å². The van der Waals surface area contributed by atoms with Gasteiger partial charge in [-0.05, 0) is 54.4 Å². The van der Waals surface area contributed by atoms with Gasteiger partial charge in [0.25, 0.3) is 5.91 Å². The third-order valence-electron chi connectivity index (χ3n) is 4.36. The van der Waals surface area contributed by atoms with Crippen LogP contribution in [0.5, 0.6) is 0 Å². The highest BCUT2D eigenvalue weighted by atomic mass is 35.5. The standard InChI is InChI=1S/C22H16ClN3O2/c1-14-13-24-9-8-18(14)21(27)26-17-5-2-15(3-6-17)19-12-16(4-7-20(19)23)22-25-10-11-28-22/h2-13H,1H3,(H,26,27). The van der Waals surface area contributed by atoms with E-state index in [9.17, 15) is 4.79 Å². The zero-order valence-corrected chi connectivity index (χ0v) is 15.8. The smallest absolute Gasteiger partial charge is 0.256 e. The average Bonchev–Trinajstić information content (AvgIpc) is 3.24. The first kappa shape index (κ1) is 17.9. The van der Waals surface area contributed by atoms with Crippen molar-refractivity contribution in [3.63, 3.8) is 0 Å². The van der Waals surface area contributed by atoms with Gasteiger partial charge in [-0.25, -0.2) is 4.98 Å². The third kappa shape index (κ3) is 3.66. The number of pyridine rings is 1. The molecule has 0 spiro atoms. The number of hydrogen-bond acceptors (Lipinski definition) is 4. The maximum atomic E-state index is 12.4. The van der Waals surface area contributed by atoms with Gasteiger partial charge >= 0.3 is 0 Å². The molecule has 2 aromatic carbocycles. The van der Waals surface area contributed by atoms with Crippen molar-refractivity contribution in [3.05, 3.63) is 89.5 Å². The van der Waals surface area contributed by atoms with E-state index in [1.165, 1.54) is 6.26 Å². The number of halogens is 1. The van der Waals surface area contributed by atoms with E-state index in [4.69, 9.17) is 16.0 Å². The number of hydrogen-bond donors (Lipinski definition) is 1. The highest BCUT2D eigenvalue weighted by molar-refractivity contribution is 6.33. The lowest BCUT2D eigenvalue weighted by molar-refractivity contribution is 0.102. The SMILES string of the molecule is Cc1cnccc1C(=O)Nc1ccc(-c2cc(-c3ncco3)ccc2Cl)cc1. The van der Waals surface area contributed by atoms with Crippen LogP contribution in [0.4, 0.5) is 5.69 Å². The van der Waals surface area contributed by atoms with Crippen molar-refractivity contribution < 1.29 is 9.21 Å². The summed E-state index contributed by atoms with van der Waals surface area (Å²) in [7, 11) is 0. The molecule has 0 aliphatic carbocycles. The van der Waals surface area contributed by atoms with E-state index >= 15 is 0 Å². The van der Waals surface area contributed by atoms with Gasteiger partial charge in [-0.3, -0.25) is 9.78 Å². The van der Waals surface area contributed by atoms with Crippen LogP contribution in [-0.4, -0.2) is 15.9 Å². The van der Waals surface area contributed by atoms with Crippen LogP contribution < -0.4 is 5.32 Å². The Morgan fingerprint density at radius 2 is 1.82 bits per heavy atom. The van der Waals surface area contributed by atoms with Crippen molar-refractivity contribution in [2.75, 3.05) is 5.32 Å². The van der Waals surface area contributed by atoms with Gasteiger partial charge in [0, 0.05) is 39.8 Å². The summed E-state index contributed by atoms with van der Waals surface area (Å²) in [5.74, 6) is 0.367.